The fourth-order valence-electron chi connectivity index (χ4n) is 1.81. The Balaban J connectivity index is 1.97. The quantitative estimate of drug-likeness (QED) is 0.805. The molecule has 2 rings (SSSR count). The lowest BCUT2D eigenvalue weighted by Gasteiger charge is -2.14. The molecule has 1 unspecified atom stereocenters. The van der Waals surface area contributed by atoms with E-state index in [2.05, 4.69) is 18.2 Å². The molecule has 0 aliphatic carbocycles. The Morgan fingerprint density at radius 1 is 1.32 bits per heavy atom. The van der Waals surface area contributed by atoms with Gasteiger partial charge in [0, 0.05) is 12.1 Å². The van der Waals surface area contributed by atoms with Gasteiger partial charge in [-0.05, 0) is 25.1 Å². The minimum atomic E-state index is 0.149. The maximum absolute atomic E-state index is 5.51. The molecule has 3 nitrogen and oxygen atoms in total. The average Bonchev–Trinajstić information content (AvgIpc) is 2.97. The normalized spacial score (nSPS) is 11.8. The maximum atomic E-state index is 5.51. The van der Waals surface area contributed by atoms with E-state index in [1.165, 1.54) is 0 Å². The van der Waals surface area contributed by atoms with Crippen LogP contribution in [0.5, 0.6) is 5.75 Å². The van der Waals surface area contributed by atoms with E-state index in [0.29, 0.717) is 6.54 Å². The highest BCUT2D eigenvalue weighted by molar-refractivity contribution is 5.33. The molecule has 0 saturated heterocycles. The molecule has 1 N–H and O–H groups in total. The molecular weight excluding hydrogens is 238 g/mol. The molecule has 98 valence electrons. The molecule has 1 aromatic heterocycles. The van der Waals surface area contributed by atoms with E-state index in [-0.39, 0.29) is 12.6 Å². The Hall–Kier alpha value is -2.18. The van der Waals surface area contributed by atoms with E-state index < -0.39 is 0 Å². The highest BCUT2D eigenvalue weighted by Gasteiger charge is 2.09. The fraction of sp³-hybridized carbons (Fsp3) is 0.250. The minimum Gasteiger partial charge on any atom is -0.481 e. The molecule has 3 heteroatoms. The predicted octanol–water partition coefficient (Wildman–Crippen LogP) is 3.14. The molecule has 0 saturated carbocycles. The number of benzene rings is 1. The molecule has 19 heavy (non-hydrogen) atoms. The lowest BCUT2D eigenvalue weighted by molar-refractivity contribution is 0.362. The van der Waals surface area contributed by atoms with Crippen LogP contribution in [-0.4, -0.2) is 6.61 Å². The molecule has 1 aromatic carbocycles. The van der Waals surface area contributed by atoms with Gasteiger partial charge in [0.1, 0.15) is 18.1 Å². The number of rotatable bonds is 6. The standard InChI is InChI=1S/C16H17NO2/c1-3-10-18-16-8-5-4-7-14(16)12-17-13(2)15-9-6-11-19-15/h1,4-9,11,13,17H,10,12H2,2H3. The van der Waals surface area contributed by atoms with Crippen molar-refractivity contribution in [2.24, 2.45) is 0 Å². The second-order valence-corrected chi connectivity index (χ2v) is 4.22. The molecule has 0 fully saturated rings. The summed E-state index contributed by atoms with van der Waals surface area (Å²) < 4.78 is 10.9. The van der Waals surface area contributed by atoms with Gasteiger partial charge in [-0.1, -0.05) is 24.1 Å². The summed E-state index contributed by atoms with van der Waals surface area (Å²) in [6.07, 6.45) is 6.89. The Morgan fingerprint density at radius 3 is 2.89 bits per heavy atom. The van der Waals surface area contributed by atoms with E-state index in [1.807, 2.05) is 36.4 Å². The van der Waals surface area contributed by atoms with E-state index in [4.69, 9.17) is 15.6 Å². The third kappa shape index (κ3) is 3.64. The number of ether oxygens (including phenoxy) is 1. The molecular formula is C16H17NO2. The van der Waals surface area contributed by atoms with Crippen LogP contribution < -0.4 is 10.1 Å². The number of hydrogen-bond donors (Lipinski definition) is 1. The number of nitrogens with one attached hydrogen (secondary N) is 1. The summed E-state index contributed by atoms with van der Waals surface area (Å²) in [7, 11) is 0. The maximum Gasteiger partial charge on any atom is 0.148 e. The van der Waals surface area contributed by atoms with Crippen LogP contribution in [0.1, 0.15) is 24.3 Å². The number of hydrogen-bond acceptors (Lipinski definition) is 3. The average molecular weight is 255 g/mol. The van der Waals surface area contributed by atoms with Gasteiger partial charge in [0.15, 0.2) is 0 Å². The number of furan rings is 1. The summed E-state index contributed by atoms with van der Waals surface area (Å²) in [5.74, 6) is 4.21. The minimum absolute atomic E-state index is 0.149. The molecule has 0 bridgehead atoms. The van der Waals surface area contributed by atoms with Crippen LogP contribution in [0, 0.1) is 12.3 Å². The van der Waals surface area contributed by atoms with Crippen molar-refractivity contribution in [3.63, 3.8) is 0 Å². The first kappa shape index (κ1) is 13.3. The first-order valence-corrected chi connectivity index (χ1v) is 6.22. The van der Waals surface area contributed by atoms with Gasteiger partial charge in [-0.2, -0.15) is 0 Å². The third-order valence-electron chi connectivity index (χ3n) is 2.85. The van der Waals surface area contributed by atoms with Crippen molar-refractivity contribution in [1.29, 1.82) is 0 Å². The van der Waals surface area contributed by atoms with Crippen molar-refractivity contribution >= 4 is 0 Å². The van der Waals surface area contributed by atoms with Gasteiger partial charge in [-0.25, -0.2) is 0 Å². The van der Waals surface area contributed by atoms with E-state index >= 15 is 0 Å². The highest BCUT2D eigenvalue weighted by atomic mass is 16.5. The van der Waals surface area contributed by atoms with E-state index in [1.54, 1.807) is 6.26 Å². The van der Waals surface area contributed by atoms with Gasteiger partial charge in [-0.3, -0.25) is 0 Å². The van der Waals surface area contributed by atoms with E-state index in [0.717, 1.165) is 17.1 Å². The SMILES string of the molecule is C#CCOc1ccccc1CNC(C)c1ccco1. The lowest BCUT2D eigenvalue weighted by Crippen LogP contribution is -2.18. The van der Waals surface area contributed by atoms with Crippen LogP contribution >= 0.6 is 0 Å². The zero-order valence-electron chi connectivity index (χ0n) is 10.9. The van der Waals surface area contributed by atoms with Crippen molar-refractivity contribution in [2.75, 3.05) is 6.61 Å². The topological polar surface area (TPSA) is 34.4 Å². The summed E-state index contributed by atoms with van der Waals surface area (Å²) in [5.41, 5.74) is 1.08. The van der Waals surface area contributed by atoms with Gasteiger partial charge in [0.05, 0.1) is 12.3 Å². The van der Waals surface area contributed by atoms with Gasteiger partial charge in [0.25, 0.3) is 0 Å². The molecule has 0 aliphatic rings. The molecule has 0 radical (unpaired) electrons. The number of terminal acetylenes is 1. The molecule has 2 aromatic rings. The van der Waals surface area contributed by atoms with Crippen LogP contribution in [0.4, 0.5) is 0 Å². The number of para-hydroxylation sites is 1. The van der Waals surface area contributed by atoms with Crippen LogP contribution in [0.25, 0.3) is 0 Å². The molecule has 0 spiro atoms. The van der Waals surface area contributed by atoms with Gasteiger partial charge < -0.3 is 14.5 Å². The lowest BCUT2D eigenvalue weighted by atomic mass is 10.2. The summed E-state index contributed by atoms with van der Waals surface area (Å²) in [6, 6.07) is 11.9. The first-order chi connectivity index (χ1) is 9.31. The molecule has 1 atom stereocenters. The zero-order chi connectivity index (χ0) is 13.5. The summed E-state index contributed by atoms with van der Waals surface area (Å²) in [5, 5.41) is 3.39. The fourth-order valence-corrected chi connectivity index (χ4v) is 1.81. The smallest absolute Gasteiger partial charge is 0.148 e. The van der Waals surface area contributed by atoms with Crippen LogP contribution in [-0.2, 0) is 6.54 Å². The Labute approximate surface area is 113 Å². The molecule has 0 aliphatic heterocycles. The van der Waals surface area contributed by atoms with Gasteiger partial charge in [-0.15, -0.1) is 6.42 Å². The second kappa shape index (κ2) is 6.67. The van der Waals surface area contributed by atoms with Crippen molar-refractivity contribution in [1.82, 2.24) is 5.32 Å². The van der Waals surface area contributed by atoms with Gasteiger partial charge >= 0.3 is 0 Å². The highest BCUT2D eigenvalue weighted by Crippen LogP contribution is 2.19. The monoisotopic (exact) mass is 255 g/mol. The van der Waals surface area contributed by atoms with Crippen molar-refractivity contribution < 1.29 is 9.15 Å². The zero-order valence-corrected chi connectivity index (χ0v) is 10.9. The second-order valence-electron chi connectivity index (χ2n) is 4.22. The molecule has 1 heterocycles. The largest absolute Gasteiger partial charge is 0.481 e. The first-order valence-electron chi connectivity index (χ1n) is 6.22. The Morgan fingerprint density at radius 2 is 2.16 bits per heavy atom. The summed E-state index contributed by atoms with van der Waals surface area (Å²) >= 11 is 0. The van der Waals surface area contributed by atoms with E-state index in [9.17, 15) is 0 Å². The third-order valence-corrected chi connectivity index (χ3v) is 2.85. The Kier molecular flexibility index (Phi) is 4.66. The van der Waals surface area contributed by atoms with Gasteiger partial charge in [0.2, 0.25) is 0 Å². The van der Waals surface area contributed by atoms with Crippen molar-refractivity contribution in [3.8, 4) is 18.1 Å². The predicted molar refractivity (Wildman–Crippen MR) is 74.7 cm³/mol. The Bertz CT molecular complexity index is 540. The van der Waals surface area contributed by atoms with Crippen molar-refractivity contribution in [3.05, 3.63) is 54.0 Å². The van der Waals surface area contributed by atoms with Crippen molar-refractivity contribution in [2.45, 2.75) is 19.5 Å². The van der Waals surface area contributed by atoms with Crippen LogP contribution in [0.15, 0.2) is 47.1 Å². The summed E-state index contributed by atoms with van der Waals surface area (Å²) in [6.45, 7) is 3.04. The summed E-state index contributed by atoms with van der Waals surface area (Å²) in [4.78, 5) is 0. The molecule has 0 amide bonds. The van der Waals surface area contributed by atoms with Crippen LogP contribution in [0.3, 0.4) is 0 Å². The van der Waals surface area contributed by atoms with Crippen LogP contribution in [0.2, 0.25) is 0 Å².